The fourth-order valence-corrected chi connectivity index (χ4v) is 3.41. The summed E-state index contributed by atoms with van der Waals surface area (Å²) >= 11 is 0. The van der Waals surface area contributed by atoms with Crippen LogP contribution in [0.15, 0.2) is 29.2 Å². The molecule has 0 bridgehead atoms. The largest absolute Gasteiger partial charge is 0.495 e. The molecule has 26 heavy (non-hydrogen) atoms. The lowest BCUT2D eigenvalue weighted by Gasteiger charge is -2.13. The number of urea groups is 1. The van der Waals surface area contributed by atoms with Crippen LogP contribution in [0.4, 0.5) is 10.7 Å². The molecule has 2 rings (SSSR count). The normalized spacial score (nSPS) is 10.8. The van der Waals surface area contributed by atoms with Crippen LogP contribution in [0.2, 0.25) is 0 Å². The summed E-state index contributed by atoms with van der Waals surface area (Å²) in [6.07, 6.45) is 0. The summed E-state index contributed by atoms with van der Waals surface area (Å²) in [5.74, 6) is 0.196. The third-order valence-corrected chi connectivity index (χ3v) is 4.73. The minimum atomic E-state index is -4.19. The Kier molecular flexibility index (Phi) is 5.82. The van der Waals surface area contributed by atoms with Gasteiger partial charge in [0.25, 0.3) is 10.0 Å². The Labute approximate surface area is 150 Å². The molecule has 2 aromatic rings. The number of amides is 2. The second-order valence-corrected chi connectivity index (χ2v) is 6.56. The van der Waals surface area contributed by atoms with Crippen LogP contribution in [0.1, 0.15) is 5.56 Å². The first-order valence-corrected chi connectivity index (χ1v) is 8.73. The van der Waals surface area contributed by atoms with Crippen molar-refractivity contribution in [2.24, 2.45) is 0 Å². The smallest absolute Gasteiger partial charge is 0.335 e. The topological polar surface area (TPSA) is 129 Å². The number of aryl methyl sites for hydroxylation is 1. The molecule has 10 nitrogen and oxygen atoms in total. The van der Waals surface area contributed by atoms with Gasteiger partial charge in [-0.1, -0.05) is 12.1 Å². The number of anilines is 1. The standard InChI is InChI=1S/C15H18N4O6S/c1-9-6-5-7-10(23-2)13(9)26(21,22)19-15(20)18-14-16-11(24-3)8-12(17-14)25-4/h5-8H,1-4H3,(H2,16,17,18,19,20). The van der Waals surface area contributed by atoms with Crippen LogP contribution in [-0.4, -0.2) is 45.7 Å². The maximum Gasteiger partial charge on any atom is 0.335 e. The van der Waals surface area contributed by atoms with E-state index in [4.69, 9.17) is 14.2 Å². The Balaban J connectivity index is 2.25. The van der Waals surface area contributed by atoms with Crippen LogP contribution in [0.3, 0.4) is 0 Å². The fourth-order valence-electron chi connectivity index (χ4n) is 2.10. The summed E-state index contributed by atoms with van der Waals surface area (Å²) in [5.41, 5.74) is 0.420. The third kappa shape index (κ3) is 4.30. The number of hydrogen-bond acceptors (Lipinski definition) is 8. The average molecular weight is 382 g/mol. The van der Waals surface area contributed by atoms with Crippen LogP contribution in [0.25, 0.3) is 0 Å². The lowest BCUT2D eigenvalue weighted by molar-refractivity contribution is 0.256. The second-order valence-electron chi connectivity index (χ2n) is 4.94. The van der Waals surface area contributed by atoms with Crippen LogP contribution < -0.4 is 24.2 Å². The van der Waals surface area contributed by atoms with E-state index in [0.29, 0.717) is 5.56 Å². The summed E-state index contributed by atoms with van der Waals surface area (Å²) in [7, 11) is -0.101. The van der Waals surface area contributed by atoms with Gasteiger partial charge in [-0.3, -0.25) is 5.32 Å². The molecular formula is C15H18N4O6S. The fraction of sp³-hybridized carbons (Fsp3) is 0.267. The van der Waals surface area contributed by atoms with Gasteiger partial charge in [0.15, 0.2) is 0 Å². The monoisotopic (exact) mass is 382 g/mol. The number of carbonyl (C=O) groups excluding carboxylic acids is 1. The number of ether oxygens (including phenoxy) is 3. The maximum absolute atomic E-state index is 12.5. The Morgan fingerprint density at radius 3 is 2.19 bits per heavy atom. The van der Waals surface area contributed by atoms with Crippen molar-refractivity contribution in [1.82, 2.24) is 14.7 Å². The Hall–Kier alpha value is -3.08. The molecule has 0 saturated heterocycles. The number of aromatic nitrogens is 2. The molecule has 0 aliphatic rings. The van der Waals surface area contributed by atoms with Gasteiger partial charge in [0.1, 0.15) is 10.6 Å². The van der Waals surface area contributed by atoms with Gasteiger partial charge < -0.3 is 14.2 Å². The predicted molar refractivity (Wildman–Crippen MR) is 92.2 cm³/mol. The van der Waals surface area contributed by atoms with Crippen LogP contribution in [-0.2, 0) is 10.0 Å². The van der Waals surface area contributed by atoms with Crippen molar-refractivity contribution >= 4 is 22.0 Å². The predicted octanol–water partition coefficient (Wildman–Crippen LogP) is 1.32. The van der Waals surface area contributed by atoms with E-state index < -0.39 is 16.1 Å². The Morgan fingerprint density at radius 1 is 1.04 bits per heavy atom. The average Bonchev–Trinajstić information content (AvgIpc) is 2.59. The van der Waals surface area contributed by atoms with Crippen LogP contribution in [0, 0.1) is 6.92 Å². The highest BCUT2D eigenvalue weighted by molar-refractivity contribution is 7.90. The van der Waals surface area contributed by atoms with E-state index in [1.165, 1.54) is 33.5 Å². The van der Waals surface area contributed by atoms with Gasteiger partial charge in [0.2, 0.25) is 17.7 Å². The van der Waals surface area contributed by atoms with Crippen molar-refractivity contribution in [2.45, 2.75) is 11.8 Å². The first-order valence-electron chi connectivity index (χ1n) is 7.25. The first kappa shape index (κ1) is 19.2. The Morgan fingerprint density at radius 2 is 1.65 bits per heavy atom. The van der Waals surface area contributed by atoms with E-state index in [-0.39, 0.29) is 28.4 Å². The zero-order valence-corrected chi connectivity index (χ0v) is 15.4. The summed E-state index contributed by atoms with van der Waals surface area (Å²) in [6, 6.07) is 5.06. The molecule has 0 unspecified atom stereocenters. The molecule has 140 valence electrons. The molecule has 2 N–H and O–H groups in total. The number of hydrogen-bond donors (Lipinski definition) is 2. The number of rotatable bonds is 6. The van der Waals surface area contributed by atoms with E-state index >= 15 is 0 Å². The van der Waals surface area contributed by atoms with Gasteiger partial charge in [-0.25, -0.2) is 17.9 Å². The van der Waals surface area contributed by atoms with Crippen molar-refractivity contribution in [1.29, 1.82) is 0 Å². The summed E-state index contributed by atoms with van der Waals surface area (Å²) in [5, 5.41) is 2.22. The maximum atomic E-state index is 12.5. The molecule has 0 atom stereocenters. The van der Waals surface area contributed by atoms with Gasteiger partial charge in [-0.15, -0.1) is 0 Å². The number of nitrogens with one attached hydrogen (secondary N) is 2. The lowest BCUT2D eigenvalue weighted by Crippen LogP contribution is -2.35. The van der Waals surface area contributed by atoms with E-state index in [9.17, 15) is 13.2 Å². The van der Waals surface area contributed by atoms with Crippen molar-refractivity contribution < 1.29 is 27.4 Å². The SMILES string of the molecule is COc1cc(OC)nc(NC(=O)NS(=O)(=O)c2c(C)cccc2OC)n1. The third-order valence-electron chi connectivity index (χ3n) is 3.21. The summed E-state index contributed by atoms with van der Waals surface area (Å²) in [4.78, 5) is 19.7. The molecule has 1 aromatic carbocycles. The second kappa shape index (κ2) is 7.87. The van der Waals surface area contributed by atoms with Crippen LogP contribution in [0.5, 0.6) is 17.5 Å². The molecule has 0 spiro atoms. The van der Waals surface area contributed by atoms with E-state index in [0.717, 1.165) is 0 Å². The van der Waals surface area contributed by atoms with E-state index in [1.807, 2.05) is 4.72 Å². The molecule has 11 heteroatoms. The van der Waals surface area contributed by atoms with E-state index in [1.54, 1.807) is 19.1 Å². The molecule has 1 heterocycles. The lowest BCUT2D eigenvalue weighted by atomic mass is 10.2. The number of benzene rings is 1. The molecule has 0 aliphatic carbocycles. The molecular weight excluding hydrogens is 364 g/mol. The zero-order chi connectivity index (χ0) is 19.3. The van der Waals surface area contributed by atoms with Crippen LogP contribution >= 0.6 is 0 Å². The molecule has 0 fully saturated rings. The van der Waals surface area contributed by atoms with Crippen molar-refractivity contribution in [3.63, 3.8) is 0 Å². The molecule has 0 radical (unpaired) electrons. The van der Waals surface area contributed by atoms with Crippen molar-refractivity contribution in [3.05, 3.63) is 29.8 Å². The first-order chi connectivity index (χ1) is 12.3. The van der Waals surface area contributed by atoms with Gasteiger partial charge in [-0.2, -0.15) is 9.97 Å². The quantitative estimate of drug-likeness (QED) is 0.765. The molecule has 2 amide bonds. The molecule has 0 saturated carbocycles. The number of sulfonamides is 1. The van der Waals surface area contributed by atoms with Gasteiger partial charge in [-0.05, 0) is 18.6 Å². The highest BCUT2D eigenvalue weighted by atomic mass is 32.2. The van der Waals surface area contributed by atoms with Crippen molar-refractivity contribution in [3.8, 4) is 17.5 Å². The van der Waals surface area contributed by atoms with Gasteiger partial charge >= 0.3 is 6.03 Å². The van der Waals surface area contributed by atoms with E-state index in [2.05, 4.69) is 15.3 Å². The Bertz CT molecular complexity index is 894. The number of carbonyl (C=O) groups is 1. The van der Waals surface area contributed by atoms with Gasteiger partial charge in [0.05, 0.1) is 27.4 Å². The number of methoxy groups -OCH3 is 3. The van der Waals surface area contributed by atoms with Crippen molar-refractivity contribution in [2.75, 3.05) is 26.6 Å². The highest BCUT2D eigenvalue weighted by Gasteiger charge is 2.24. The summed E-state index contributed by atoms with van der Waals surface area (Å²) < 4.78 is 41.9. The number of nitrogens with zero attached hydrogens (tertiary/aromatic N) is 2. The zero-order valence-electron chi connectivity index (χ0n) is 14.6. The molecule has 0 aliphatic heterocycles. The molecule has 1 aromatic heterocycles. The summed E-state index contributed by atoms with van der Waals surface area (Å²) in [6.45, 7) is 1.59. The minimum absolute atomic E-state index is 0.115. The minimum Gasteiger partial charge on any atom is -0.495 e. The van der Waals surface area contributed by atoms with Gasteiger partial charge in [0, 0.05) is 0 Å². The highest BCUT2D eigenvalue weighted by Crippen LogP contribution is 2.26.